The van der Waals surface area contributed by atoms with Crippen LogP contribution in [0.2, 0.25) is 5.02 Å². The van der Waals surface area contributed by atoms with Crippen LogP contribution in [0.1, 0.15) is 0 Å². The zero-order valence-electron chi connectivity index (χ0n) is 12.6. The molecule has 0 bridgehead atoms. The van der Waals surface area contributed by atoms with Gasteiger partial charge in [-0.15, -0.1) is 0 Å². The number of nitro groups is 1. The van der Waals surface area contributed by atoms with Crippen LogP contribution in [0.25, 0.3) is 0 Å². The first-order chi connectivity index (χ1) is 11.5. The van der Waals surface area contributed by atoms with Gasteiger partial charge in [0.25, 0.3) is 0 Å². The van der Waals surface area contributed by atoms with E-state index in [1.54, 1.807) is 29.2 Å². The topological polar surface area (TPSA) is 119 Å². The number of morpholine rings is 1. The Morgan fingerprint density at radius 1 is 1.33 bits per heavy atom. The smallest absolute Gasteiger partial charge is 0.353 e. The van der Waals surface area contributed by atoms with Crippen molar-refractivity contribution >= 4 is 40.6 Å². The van der Waals surface area contributed by atoms with Crippen LogP contribution < -0.4 is 16.0 Å². The van der Waals surface area contributed by atoms with Crippen LogP contribution in [-0.2, 0) is 4.74 Å². The van der Waals surface area contributed by atoms with Crippen LogP contribution in [0.15, 0.2) is 24.3 Å². The van der Waals surface area contributed by atoms with Crippen molar-refractivity contribution in [1.29, 1.82) is 0 Å². The lowest BCUT2D eigenvalue weighted by Gasteiger charge is -2.27. The van der Waals surface area contributed by atoms with Gasteiger partial charge in [-0.25, -0.2) is 0 Å². The summed E-state index contributed by atoms with van der Waals surface area (Å²) in [4.78, 5) is 20.8. The molecule has 3 N–H and O–H groups in total. The Hall–Kier alpha value is -2.65. The highest BCUT2D eigenvalue weighted by Crippen LogP contribution is 2.33. The molecule has 0 unspecified atom stereocenters. The Labute approximate surface area is 142 Å². The average Bonchev–Trinajstić information content (AvgIpc) is 2.54. The summed E-state index contributed by atoms with van der Waals surface area (Å²) < 4.78 is 5.27. The van der Waals surface area contributed by atoms with E-state index in [4.69, 9.17) is 22.1 Å². The molecule has 0 amide bonds. The van der Waals surface area contributed by atoms with Crippen molar-refractivity contribution in [3.05, 3.63) is 39.4 Å². The Bertz CT molecular complexity index is 766. The number of nitrogen functional groups attached to an aromatic ring is 1. The van der Waals surface area contributed by atoms with Crippen molar-refractivity contribution < 1.29 is 9.66 Å². The van der Waals surface area contributed by atoms with Crippen molar-refractivity contribution in [2.75, 3.05) is 42.3 Å². The maximum absolute atomic E-state index is 11.3. The standard InChI is InChI=1S/C14H15ClN6O3/c15-9-2-1-3-10(8-9)17-14-18-12(16)11(21(22)23)13(19-14)20-4-6-24-7-5-20/h1-3,8H,4-7H2,(H3,16,17,18,19). The summed E-state index contributed by atoms with van der Waals surface area (Å²) in [6.07, 6.45) is 0. The molecule has 1 aromatic heterocycles. The molecule has 1 aromatic carbocycles. The van der Waals surface area contributed by atoms with Crippen LogP contribution in [0.4, 0.5) is 29.0 Å². The monoisotopic (exact) mass is 350 g/mol. The fraction of sp³-hybridized carbons (Fsp3) is 0.286. The van der Waals surface area contributed by atoms with Gasteiger partial charge in [0.2, 0.25) is 17.6 Å². The normalized spacial score (nSPS) is 14.5. The zero-order valence-corrected chi connectivity index (χ0v) is 13.4. The number of rotatable bonds is 4. The lowest BCUT2D eigenvalue weighted by Crippen LogP contribution is -2.37. The van der Waals surface area contributed by atoms with Gasteiger partial charge in [0.1, 0.15) is 0 Å². The van der Waals surface area contributed by atoms with Crippen LogP contribution in [-0.4, -0.2) is 41.2 Å². The second kappa shape index (κ2) is 6.85. The molecule has 10 heteroatoms. The third-order valence-corrected chi connectivity index (χ3v) is 3.70. The van der Waals surface area contributed by atoms with E-state index >= 15 is 0 Å². The number of nitrogens with two attached hydrogens (primary N) is 1. The molecule has 1 aliphatic rings. The minimum absolute atomic E-state index is 0.168. The van der Waals surface area contributed by atoms with E-state index in [1.807, 2.05) is 0 Å². The van der Waals surface area contributed by atoms with Crippen LogP contribution in [0, 0.1) is 10.1 Å². The largest absolute Gasteiger partial charge is 0.378 e. The molecule has 3 rings (SSSR count). The molecule has 126 valence electrons. The second-order valence-corrected chi connectivity index (χ2v) is 5.53. The summed E-state index contributed by atoms with van der Waals surface area (Å²) in [6, 6.07) is 6.97. The highest BCUT2D eigenvalue weighted by molar-refractivity contribution is 6.30. The number of benzene rings is 1. The fourth-order valence-corrected chi connectivity index (χ4v) is 2.57. The fourth-order valence-electron chi connectivity index (χ4n) is 2.38. The molecule has 0 saturated carbocycles. The molecule has 0 aliphatic carbocycles. The van der Waals surface area contributed by atoms with Crippen molar-refractivity contribution in [2.45, 2.75) is 0 Å². The van der Waals surface area contributed by atoms with E-state index in [0.29, 0.717) is 37.0 Å². The highest BCUT2D eigenvalue weighted by atomic mass is 35.5. The van der Waals surface area contributed by atoms with Gasteiger partial charge < -0.3 is 20.7 Å². The lowest BCUT2D eigenvalue weighted by atomic mass is 10.3. The first kappa shape index (κ1) is 16.2. The molecule has 2 aromatic rings. The van der Waals surface area contributed by atoms with Crippen molar-refractivity contribution in [1.82, 2.24) is 9.97 Å². The highest BCUT2D eigenvalue weighted by Gasteiger charge is 2.28. The van der Waals surface area contributed by atoms with E-state index < -0.39 is 4.92 Å². The maximum atomic E-state index is 11.3. The van der Waals surface area contributed by atoms with Gasteiger partial charge in [-0.05, 0) is 18.2 Å². The third kappa shape index (κ3) is 3.47. The third-order valence-electron chi connectivity index (χ3n) is 3.47. The quantitative estimate of drug-likeness (QED) is 0.636. The van der Waals surface area contributed by atoms with Crippen LogP contribution >= 0.6 is 11.6 Å². The van der Waals surface area contributed by atoms with Crippen molar-refractivity contribution in [3.63, 3.8) is 0 Å². The van der Waals surface area contributed by atoms with Gasteiger partial charge in [-0.1, -0.05) is 17.7 Å². The number of nitrogens with zero attached hydrogens (tertiary/aromatic N) is 4. The van der Waals surface area contributed by atoms with Gasteiger partial charge in [0.15, 0.2) is 0 Å². The molecule has 0 radical (unpaired) electrons. The summed E-state index contributed by atoms with van der Waals surface area (Å²) in [5.41, 5.74) is 6.16. The number of anilines is 4. The maximum Gasteiger partial charge on any atom is 0.353 e. The van der Waals surface area contributed by atoms with Crippen LogP contribution in [0.5, 0.6) is 0 Å². The van der Waals surface area contributed by atoms with E-state index in [-0.39, 0.29) is 23.3 Å². The molecule has 2 heterocycles. The summed E-state index contributed by atoms with van der Waals surface area (Å²) in [5.74, 6) is 0.156. The minimum atomic E-state index is -0.566. The SMILES string of the molecule is Nc1nc(Nc2cccc(Cl)c2)nc(N2CCOCC2)c1[N+](=O)[O-]. The molecule has 1 saturated heterocycles. The van der Waals surface area contributed by atoms with Crippen molar-refractivity contribution in [3.8, 4) is 0 Å². The zero-order chi connectivity index (χ0) is 17.1. The van der Waals surface area contributed by atoms with E-state index in [1.165, 1.54) is 0 Å². The average molecular weight is 351 g/mol. The van der Waals surface area contributed by atoms with E-state index in [9.17, 15) is 10.1 Å². The number of aromatic nitrogens is 2. The van der Waals surface area contributed by atoms with Gasteiger partial charge in [0, 0.05) is 23.8 Å². The molecule has 1 aliphatic heterocycles. The number of hydrogen-bond acceptors (Lipinski definition) is 8. The number of halogens is 1. The van der Waals surface area contributed by atoms with Gasteiger partial charge in [-0.2, -0.15) is 9.97 Å². The first-order valence-electron chi connectivity index (χ1n) is 7.22. The van der Waals surface area contributed by atoms with Gasteiger partial charge in [-0.3, -0.25) is 10.1 Å². The van der Waals surface area contributed by atoms with Gasteiger partial charge in [0.05, 0.1) is 18.1 Å². The van der Waals surface area contributed by atoms with Gasteiger partial charge >= 0.3 is 5.69 Å². The molecule has 1 fully saturated rings. The minimum Gasteiger partial charge on any atom is -0.378 e. The summed E-state index contributed by atoms with van der Waals surface area (Å²) in [5, 5.41) is 14.9. The predicted octanol–water partition coefficient (Wildman–Crippen LogP) is 2.20. The number of nitrogens with one attached hydrogen (secondary N) is 1. The Morgan fingerprint density at radius 3 is 2.75 bits per heavy atom. The second-order valence-electron chi connectivity index (χ2n) is 5.10. The Balaban J connectivity index is 1.98. The van der Waals surface area contributed by atoms with E-state index in [2.05, 4.69) is 15.3 Å². The Morgan fingerprint density at radius 2 is 2.08 bits per heavy atom. The number of hydrogen-bond donors (Lipinski definition) is 2. The first-order valence-corrected chi connectivity index (χ1v) is 7.59. The molecular formula is C14H15ClN6O3. The Kier molecular flexibility index (Phi) is 4.63. The summed E-state index contributed by atoms with van der Waals surface area (Å²) in [7, 11) is 0. The molecule has 9 nitrogen and oxygen atoms in total. The molecule has 0 spiro atoms. The molecule has 0 atom stereocenters. The number of ether oxygens (including phenoxy) is 1. The predicted molar refractivity (Wildman–Crippen MR) is 90.9 cm³/mol. The van der Waals surface area contributed by atoms with E-state index in [0.717, 1.165) is 0 Å². The van der Waals surface area contributed by atoms with Crippen LogP contribution in [0.3, 0.4) is 0 Å². The summed E-state index contributed by atoms with van der Waals surface area (Å²) >= 11 is 5.95. The summed E-state index contributed by atoms with van der Waals surface area (Å²) in [6.45, 7) is 1.93. The lowest BCUT2D eigenvalue weighted by molar-refractivity contribution is -0.383. The molecular weight excluding hydrogens is 336 g/mol. The van der Waals surface area contributed by atoms with Crippen molar-refractivity contribution in [2.24, 2.45) is 0 Å². The molecule has 24 heavy (non-hydrogen) atoms.